The largest absolute Gasteiger partial charge is 0.398 e. The highest BCUT2D eigenvalue weighted by molar-refractivity contribution is 6.33. The molecule has 0 bridgehead atoms. The van der Waals surface area contributed by atoms with Crippen molar-refractivity contribution in [2.24, 2.45) is 0 Å². The first kappa shape index (κ1) is 12.5. The molecule has 0 unspecified atom stereocenters. The van der Waals surface area contributed by atoms with E-state index in [1.165, 1.54) is 37.7 Å². The molecule has 23 heavy (non-hydrogen) atoms. The number of nitrogens with two attached hydrogens (primary N) is 1. The van der Waals surface area contributed by atoms with Gasteiger partial charge in [0, 0.05) is 11.1 Å². The molecule has 0 saturated carbocycles. The van der Waals surface area contributed by atoms with Crippen LogP contribution in [-0.2, 0) is 0 Å². The predicted molar refractivity (Wildman–Crippen MR) is 101 cm³/mol. The molecule has 2 N–H and O–H groups in total. The molecule has 0 aliphatic rings. The highest BCUT2D eigenvalue weighted by Gasteiger charge is 2.12. The van der Waals surface area contributed by atoms with Crippen LogP contribution >= 0.6 is 0 Å². The van der Waals surface area contributed by atoms with Crippen LogP contribution in [0.4, 0.5) is 5.69 Å². The van der Waals surface area contributed by atoms with E-state index in [1.54, 1.807) is 0 Å². The zero-order valence-corrected chi connectivity index (χ0v) is 12.6. The van der Waals surface area contributed by atoms with Crippen LogP contribution in [0.15, 0.2) is 78.9 Å². The van der Waals surface area contributed by atoms with Crippen LogP contribution in [0.2, 0.25) is 0 Å². The molecule has 0 aliphatic carbocycles. The van der Waals surface area contributed by atoms with Crippen LogP contribution in [-0.4, -0.2) is 0 Å². The topological polar surface area (TPSA) is 26.0 Å². The first-order chi connectivity index (χ1) is 11.3. The number of anilines is 1. The van der Waals surface area contributed by atoms with Crippen molar-refractivity contribution in [1.29, 1.82) is 0 Å². The van der Waals surface area contributed by atoms with Crippen LogP contribution in [0.25, 0.3) is 43.1 Å². The Kier molecular flexibility index (Phi) is 2.42. The zero-order valence-electron chi connectivity index (χ0n) is 12.6. The molecular formula is C22H15N. The zero-order chi connectivity index (χ0) is 15.4. The average Bonchev–Trinajstić information content (AvgIpc) is 2.61. The maximum Gasteiger partial charge on any atom is 0.0400 e. The fourth-order valence-corrected chi connectivity index (χ4v) is 3.80. The fraction of sp³-hybridized carbons (Fsp3) is 0. The molecule has 5 rings (SSSR count). The van der Waals surface area contributed by atoms with E-state index in [-0.39, 0.29) is 0 Å². The molecule has 0 amide bonds. The number of hydrogen-bond donors (Lipinski definition) is 1. The molecule has 1 heteroatoms. The Morgan fingerprint density at radius 1 is 0.435 bits per heavy atom. The van der Waals surface area contributed by atoms with Gasteiger partial charge in [0.25, 0.3) is 0 Å². The van der Waals surface area contributed by atoms with Crippen LogP contribution in [0, 0.1) is 0 Å². The summed E-state index contributed by atoms with van der Waals surface area (Å²) in [4.78, 5) is 0. The van der Waals surface area contributed by atoms with Crippen LogP contribution in [0.1, 0.15) is 0 Å². The standard InChI is InChI=1S/C22H15N/c23-20-11-5-10-18-19-13-12-14-6-1-2-7-15(14)21(19)16-8-3-4-9-17(16)22(18)20/h1-13H,23H2. The first-order valence-corrected chi connectivity index (χ1v) is 7.85. The summed E-state index contributed by atoms with van der Waals surface area (Å²) in [6.45, 7) is 0. The lowest BCUT2D eigenvalue weighted by Crippen LogP contribution is -1.90. The lowest BCUT2D eigenvalue weighted by molar-refractivity contribution is 1.76. The molecule has 1 nitrogen and oxygen atoms in total. The monoisotopic (exact) mass is 293 g/mol. The van der Waals surface area contributed by atoms with Gasteiger partial charge in [0.1, 0.15) is 0 Å². The third kappa shape index (κ3) is 1.62. The van der Waals surface area contributed by atoms with E-state index < -0.39 is 0 Å². The maximum atomic E-state index is 6.33. The number of fused-ring (bicyclic) bond motifs is 8. The Bertz CT molecular complexity index is 1190. The second-order valence-electron chi connectivity index (χ2n) is 6.02. The van der Waals surface area contributed by atoms with Crippen molar-refractivity contribution in [3.05, 3.63) is 78.9 Å². The SMILES string of the molecule is Nc1cccc2c3ccc4ccccc4c3c3ccccc3c12. The van der Waals surface area contributed by atoms with Gasteiger partial charge in [-0.1, -0.05) is 72.8 Å². The number of benzene rings is 5. The lowest BCUT2D eigenvalue weighted by atomic mass is 9.90. The first-order valence-electron chi connectivity index (χ1n) is 7.85. The normalized spacial score (nSPS) is 11.7. The molecule has 0 aromatic heterocycles. The summed E-state index contributed by atoms with van der Waals surface area (Å²) in [5.41, 5.74) is 7.17. The predicted octanol–water partition coefficient (Wildman–Crippen LogP) is 5.88. The maximum absolute atomic E-state index is 6.33. The second kappa shape index (κ2) is 4.47. The van der Waals surface area contributed by atoms with Crippen LogP contribution in [0.5, 0.6) is 0 Å². The van der Waals surface area contributed by atoms with E-state index in [0.29, 0.717) is 0 Å². The smallest absolute Gasteiger partial charge is 0.0400 e. The minimum absolute atomic E-state index is 0.841. The van der Waals surface area contributed by atoms with Crippen LogP contribution < -0.4 is 5.73 Å². The van der Waals surface area contributed by atoms with E-state index in [9.17, 15) is 0 Å². The second-order valence-corrected chi connectivity index (χ2v) is 6.02. The summed E-state index contributed by atoms with van der Waals surface area (Å²) in [7, 11) is 0. The Labute approximate surface area is 133 Å². The summed E-state index contributed by atoms with van der Waals surface area (Å²) >= 11 is 0. The van der Waals surface area contributed by atoms with Crippen molar-refractivity contribution < 1.29 is 0 Å². The van der Waals surface area contributed by atoms with Gasteiger partial charge in [0.2, 0.25) is 0 Å². The molecule has 0 heterocycles. The van der Waals surface area contributed by atoms with Crippen molar-refractivity contribution in [3.8, 4) is 0 Å². The van der Waals surface area contributed by atoms with E-state index in [0.717, 1.165) is 11.1 Å². The van der Waals surface area contributed by atoms with Crippen molar-refractivity contribution in [2.75, 3.05) is 5.73 Å². The van der Waals surface area contributed by atoms with Gasteiger partial charge in [-0.2, -0.15) is 0 Å². The Morgan fingerprint density at radius 3 is 1.78 bits per heavy atom. The summed E-state index contributed by atoms with van der Waals surface area (Å²) in [6.07, 6.45) is 0. The molecule has 0 spiro atoms. The highest BCUT2D eigenvalue weighted by atomic mass is 14.5. The van der Waals surface area contributed by atoms with Gasteiger partial charge in [-0.15, -0.1) is 0 Å². The summed E-state index contributed by atoms with van der Waals surface area (Å²) < 4.78 is 0. The minimum Gasteiger partial charge on any atom is -0.398 e. The molecule has 108 valence electrons. The van der Waals surface area contributed by atoms with Crippen molar-refractivity contribution in [2.45, 2.75) is 0 Å². The van der Waals surface area contributed by atoms with Crippen molar-refractivity contribution >= 4 is 48.8 Å². The van der Waals surface area contributed by atoms with E-state index >= 15 is 0 Å². The van der Waals surface area contributed by atoms with Crippen LogP contribution in [0.3, 0.4) is 0 Å². The molecule has 5 aromatic rings. The van der Waals surface area contributed by atoms with Gasteiger partial charge in [-0.05, 0) is 43.8 Å². The van der Waals surface area contributed by atoms with Gasteiger partial charge in [0.05, 0.1) is 0 Å². The molecule has 0 aliphatic heterocycles. The number of nitrogen functional groups attached to an aromatic ring is 1. The third-order valence-corrected chi connectivity index (χ3v) is 4.78. The third-order valence-electron chi connectivity index (χ3n) is 4.78. The quantitative estimate of drug-likeness (QED) is 0.280. The van der Waals surface area contributed by atoms with Gasteiger partial charge in [0.15, 0.2) is 0 Å². The fourth-order valence-electron chi connectivity index (χ4n) is 3.80. The minimum atomic E-state index is 0.841. The molecule has 5 aromatic carbocycles. The van der Waals surface area contributed by atoms with E-state index in [1.807, 2.05) is 12.1 Å². The van der Waals surface area contributed by atoms with Gasteiger partial charge in [-0.25, -0.2) is 0 Å². The number of rotatable bonds is 0. The molecule has 0 radical (unpaired) electrons. The lowest BCUT2D eigenvalue weighted by Gasteiger charge is -2.14. The summed E-state index contributed by atoms with van der Waals surface area (Å²) in [6, 6.07) is 27.8. The van der Waals surface area contributed by atoms with Gasteiger partial charge >= 0.3 is 0 Å². The van der Waals surface area contributed by atoms with Gasteiger partial charge in [-0.3, -0.25) is 0 Å². The van der Waals surface area contributed by atoms with Gasteiger partial charge < -0.3 is 5.73 Å². The average molecular weight is 293 g/mol. The number of hydrogen-bond acceptors (Lipinski definition) is 1. The molecule has 0 saturated heterocycles. The Hall–Kier alpha value is -3.06. The molecule has 0 fully saturated rings. The molecular weight excluding hydrogens is 278 g/mol. The highest BCUT2D eigenvalue weighted by Crippen LogP contribution is 2.40. The summed E-state index contributed by atoms with van der Waals surface area (Å²) in [5, 5.41) is 10.0. The van der Waals surface area contributed by atoms with Crippen molar-refractivity contribution in [1.82, 2.24) is 0 Å². The van der Waals surface area contributed by atoms with Crippen molar-refractivity contribution in [3.63, 3.8) is 0 Å². The Morgan fingerprint density at radius 2 is 1.00 bits per heavy atom. The molecule has 0 atom stereocenters. The van der Waals surface area contributed by atoms with E-state index in [4.69, 9.17) is 5.73 Å². The Balaban J connectivity index is 2.24. The summed E-state index contributed by atoms with van der Waals surface area (Å²) in [5.74, 6) is 0. The van der Waals surface area contributed by atoms with E-state index in [2.05, 4.69) is 66.7 Å².